The summed E-state index contributed by atoms with van der Waals surface area (Å²) >= 11 is 0. The first kappa shape index (κ1) is 15.9. The van der Waals surface area contributed by atoms with Crippen LogP contribution in [0.25, 0.3) is 0 Å². The summed E-state index contributed by atoms with van der Waals surface area (Å²) in [7, 11) is 0. The number of nitrogens with one attached hydrogen (secondary N) is 1. The number of carbonyl (C=O) groups is 1. The van der Waals surface area contributed by atoms with Crippen molar-refractivity contribution in [2.75, 3.05) is 5.32 Å². The van der Waals surface area contributed by atoms with Gasteiger partial charge in [0.25, 0.3) is 0 Å². The van der Waals surface area contributed by atoms with Crippen molar-refractivity contribution in [3.63, 3.8) is 0 Å². The van der Waals surface area contributed by atoms with Gasteiger partial charge in [-0.25, -0.2) is 4.39 Å². The summed E-state index contributed by atoms with van der Waals surface area (Å²) in [4.78, 5) is 11.8. The molecule has 1 aromatic rings. The Morgan fingerprint density at radius 3 is 2.80 bits per heavy atom. The number of halogens is 1. The number of amidine groups is 1. The topological polar surface area (TPSA) is 87.7 Å². The summed E-state index contributed by atoms with van der Waals surface area (Å²) in [5.74, 6) is -1.23. The van der Waals surface area contributed by atoms with Crippen LogP contribution in [-0.2, 0) is 4.79 Å². The van der Waals surface area contributed by atoms with Crippen LogP contribution in [0.1, 0.15) is 44.6 Å². The van der Waals surface area contributed by atoms with Crippen LogP contribution in [0.5, 0.6) is 0 Å². The third kappa shape index (κ3) is 4.53. The highest BCUT2D eigenvalue weighted by Crippen LogP contribution is 2.19. The van der Waals surface area contributed by atoms with Gasteiger partial charge in [0.1, 0.15) is 5.82 Å². The molecule has 0 saturated heterocycles. The zero-order valence-corrected chi connectivity index (χ0v) is 11.5. The molecule has 4 N–H and O–H groups in total. The van der Waals surface area contributed by atoms with Crippen LogP contribution in [0.3, 0.4) is 0 Å². The fourth-order valence-electron chi connectivity index (χ4n) is 1.86. The van der Waals surface area contributed by atoms with Crippen LogP contribution in [-0.4, -0.2) is 17.0 Å². The lowest BCUT2D eigenvalue weighted by Crippen LogP contribution is -2.20. The van der Waals surface area contributed by atoms with E-state index in [1.54, 1.807) is 0 Å². The molecule has 1 rings (SSSR count). The second-order valence-electron chi connectivity index (χ2n) is 4.51. The molecule has 0 atom stereocenters. The molecule has 1 aromatic carbocycles. The molecule has 0 saturated carbocycles. The number of nitrogens with two attached hydrogens (primary N) is 1. The maximum atomic E-state index is 13.7. The van der Waals surface area contributed by atoms with Crippen molar-refractivity contribution in [2.45, 2.75) is 39.0 Å². The van der Waals surface area contributed by atoms with E-state index in [-0.39, 0.29) is 23.0 Å². The van der Waals surface area contributed by atoms with Crippen LogP contribution in [0.4, 0.5) is 10.1 Å². The zero-order chi connectivity index (χ0) is 15.0. The normalized spacial score (nSPS) is 11.4. The molecule has 1 amide bonds. The molecule has 0 radical (unpaired) electrons. The van der Waals surface area contributed by atoms with Crippen molar-refractivity contribution in [1.82, 2.24) is 0 Å². The van der Waals surface area contributed by atoms with Gasteiger partial charge < -0.3 is 16.3 Å². The van der Waals surface area contributed by atoms with Crippen LogP contribution in [0.15, 0.2) is 23.4 Å². The minimum atomic E-state index is -0.649. The Balaban J connectivity index is 2.72. The lowest BCUT2D eigenvalue weighted by atomic mass is 10.1. The quantitative estimate of drug-likeness (QED) is 0.236. The smallest absolute Gasteiger partial charge is 0.224 e. The molecule has 20 heavy (non-hydrogen) atoms. The summed E-state index contributed by atoms with van der Waals surface area (Å²) in [5.41, 5.74) is 5.53. The molecule has 0 fully saturated rings. The number of hydrogen-bond donors (Lipinski definition) is 3. The Morgan fingerprint density at radius 2 is 2.15 bits per heavy atom. The number of anilines is 1. The number of nitrogens with zero attached hydrogens (tertiary/aromatic N) is 1. The molecule has 0 aliphatic heterocycles. The second kappa shape index (κ2) is 8.14. The Labute approximate surface area is 117 Å². The zero-order valence-electron chi connectivity index (χ0n) is 11.5. The average molecular weight is 281 g/mol. The number of amides is 1. The highest BCUT2D eigenvalue weighted by atomic mass is 19.1. The minimum absolute atomic E-state index is 0.100. The number of benzene rings is 1. The van der Waals surface area contributed by atoms with E-state index in [0.717, 1.165) is 25.7 Å². The first-order valence-electron chi connectivity index (χ1n) is 6.66. The van der Waals surface area contributed by atoms with Gasteiger partial charge in [0.15, 0.2) is 5.84 Å². The highest BCUT2D eigenvalue weighted by Gasteiger charge is 2.14. The molecule has 0 aliphatic carbocycles. The summed E-state index contributed by atoms with van der Waals surface area (Å²) in [6.07, 6.45) is 4.32. The summed E-state index contributed by atoms with van der Waals surface area (Å²) in [6, 6.07) is 4.15. The van der Waals surface area contributed by atoms with E-state index >= 15 is 0 Å². The van der Waals surface area contributed by atoms with E-state index in [0.29, 0.717) is 6.42 Å². The van der Waals surface area contributed by atoms with Crippen LogP contribution >= 0.6 is 0 Å². The predicted octanol–water partition coefficient (Wildman–Crippen LogP) is 2.83. The van der Waals surface area contributed by atoms with E-state index < -0.39 is 5.82 Å². The molecule has 0 heterocycles. The lowest BCUT2D eigenvalue weighted by molar-refractivity contribution is -0.116. The fraction of sp³-hybridized carbons (Fsp3) is 0.429. The van der Waals surface area contributed by atoms with Crippen LogP contribution in [0.2, 0.25) is 0 Å². The average Bonchev–Trinajstić information content (AvgIpc) is 2.43. The predicted molar refractivity (Wildman–Crippen MR) is 76.3 cm³/mol. The Kier molecular flexibility index (Phi) is 6.49. The van der Waals surface area contributed by atoms with Gasteiger partial charge in [-0.2, -0.15) is 0 Å². The van der Waals surface area contributed by atoms with Crippen molar-refractivity contribution < 1.29 is 14.4 Å². The second-order valence-corrected chi connectivity index (χ2v) is 4.51. The third-order valence-electron chi connectivity index (χ3n) is 2.91. The molecular formula is C14H20FN3O2. The molecule has 0 aromatic heterocycles. The van der Waals surface area contributed by atoms with Crippen molar-refractivity contribution in [3.05, 3.63) is 29.6 Å². The van der Waals surface area contributed by atoms with Gasteiger partial charge in [-0.15, -0.1) is 0 Å². The van der Waals surface area contributed by atoms with E-state index in [1.165, 1.54) is 18.2 Å². The molecule has 110 valence electrons. The molecule has 0 bridgehead atoms. The Hall–Kier alpha value is -2.11. The van der Waals surface area contributed by atoms with Gasteiger partial charge in [0, 0.05) is 6.42 Å². The van der Waals surface area contributed by atoms with Crippen molar-refractivity contribution in [1.29, 1.82) is 0 Å². The van der Waals surface area contributed by atoms with E-state index in [1.807, 2.05) is 0 Å². The molecule has 6 heteroatoms. The molecule has 0 aliphatic rings. The van der Waals surface area contributed by atoms with Gasteiger partial charge in [-0.1, -0.05) is 37.4 Å². The van der Waals surface area contributed by atoms with E-state index in [9.17, 15) is 9.18 Å². The largest absolute Gasteiger partial charge is 0.409 e. The van der Waals surface area contributed by atoms with Gasteiger partial charge >= 0.3 is 0 Å². The molecule has 5 nitrogen and oxygen atoms in total. The lowest BCUT2D eigenvalue weighted by Gasteiger charge is -2.10. The van der Waals surface area contributed by atoms with E-state index in [4.69, 9.17) is 10.9 Å². The number of oxime groups is 1. The number of carbonyl (C=O) groups excluding carboxylic acids is 1. The third-order valence-corrected chi connectivity index (χ3v) is 2.91. The van der Waals surface area contributed by atoms with Gasteiger partial charge in [0.2, 0.25) is 5.91 Å². The fourth-order valence-corrected chi connectivity index (χ4v) is 1.86. The SMILES string of the molecule is CCCCCCC(=O)Nc1cccc(F)c1/C(N)=N/O. The summed E-state index contributed by atoms with van der Waals surface area (Å²) in [6.45, 7) is 2.09. The van der Waals surface area contributed by atoms with Crippen molar-refractivity contribution >= 4 is 17.4 Å². The summed E-state index contributed by atoms with van der Waals surface area (Å²) < 4.78 is 13.7. The van der Waals surface area contributed by atoms with Gasteiger partial charge in [-0.3, -0.25) is 4.79 Å². The number of unbranched alkanes of at least 4 members (excludes halogenated alkanes) is 3. The molecule has 0 spiro atoms. The Bertz CT molecular complexity index is 489. The minimum Gasteiger partial charge on any atom is -0.409 e. The molecular weight excluding hydrogens is 261 g/mol. The monoisotopic (exact) mass is 281 g/mol. The first-order valence-corrected chi connectivity index (χ1v) is 6.66. The number of rotatable bonds is 7. The standard InChI is InChI=1S/C14H20FN3O2/c1-2-3-4-5-9-12(19)17-11-8-6-7-10(15)13(11)14(16)18-20/h6-8,20H,2-5,9H2,1H3,(H2,16,18)(H,17,19). The van der Waals surface area contributed by atoms with Crippen LogP contribution in [0, 0.1) is 5.82 Å². The van der Waals surface area contributed by atoms with E-state index in [2.05, 4.69) is 17.4 Å². The number of hydrogen-bond acceptors (Lipinski definition) is 3. The summed E-state index contributed by atoms with van der Waals surface area (Å²) in [5, 5.41) is 14.0. The van der Waals surface area contributed by atoms with Crippen molar-refractivity contribution in [3.8, 4) is 0 Å². The Morgan fingerprint density at radius 1 is 1.40 bits per heavy atom. The van der Waals surface area contributed by atoms with Crippen molar-refractivity contribution in [2.24, 2.45) is 10.9 Å². The molecule has 0 unspecified atom stereocenters. The maximum Gasteiger partial charge on any atom is 0.224 e. The first-order chi connectivity index (χ1) is 9.60. The maximum absolute atomic E-state index is 13.7. The van der Waals surface area contributed by atoms with Gasteiger partial charge in [-0.05, 0) is 18.6 Å². The highest BCUT2D eigenvalue weighted by molar-refractivity contribution is 6.05. The van der Waals surface area contributed by atoms with Gasteiger partial charge in [0.05, 0.1) is 11.3 Å². The van der Waals surface area contributed by atoms with Crippen LogP contribution < -0.4 is 11.1 Å².